The molecule has 5 nitrogen and oxygen atoms in total. The normalized spacial score (nSPS) is 18.7. The summed E-state index contributed by atoms with van der Waals surface area (Å²) in [5, 5.41) is 7.27. The van der Waals surface area contributed by atoms with Gasteiger partial charge in [0.15, 0.2) is 0 Å². The van der Waals surface area contributed by atoms with Crippen molar-refractivity contribution in [1.29, 1.82) is 0 Å². The van der Waals surface area contributed by atoms with E-state index in [2.05, 4.69) is 10.5 Å². The largest absolute Gasteiger partial charge is 0.361 e. The Hall–Kier alpha value is -0.720. The summed E-state index contributed by atoms with van der Waals surface area (Å²) in [6.07, 6.45) is 0.556. The highest BCUT2D eigenvalue weighted by molar-refractivity contribution is 7.99. The van der Waals surface area contributed by atoms with Gasteiger partial charge < -0.3 is 14.7 Å². The molecule has 0 aromatic carbocycles. The summed E-state index contributed by atoms with van der Waals surface area (Å²) in [4.78, 5) is 13.7. The van der Waals surface area contributed by atoms with E-state index in [-0.39, 0.29) is 18.3 Å². The highest BCUT2D eigenvalue weighted by Gasteiger charge is 2.19. The van der Waals surface area contributed by atoms with Crippen molar-refractivity contribution in [1.82, 2.24) is 15.4 Å². The van der Waals surface area contributed by atoms with Gasteiger partial charge in [0.25, 0.3) is 0 Å². The van der Waals surface area contributed by atoms with Crippen LogP contribution >= 0.6 is 24.2 Å². The van der Waals surface area contributed by atoms with Crippen LogP contribution in [0.5, 0.6) is 0 Å². The highest BCUT2D eigenvalue weighted by Crippen LogP contribution is 2.12. The molecule has 1 aromatic rings. The first-order valence-corrected chi connectivity index (χ1v) is 7.28. The van der Waals surface area contributed by atoms with E-state index in [0.29, 0.717) is 19.0 Å². The minimum absolute atomic E-state index is 0. The van der Waals surface area contributed by atoms with Crippen LogP contribution in [-0.2, 0) is 11.3 Å². The van der Waals surface area contributed by atoms with Crippen LogP contribution in [-0.4, -0.2) is 47.1 Å². The molecule has 108 valence electrons. The van der Waals surface area contributed by atoms with Crippen molar-refractivity contribution in [3.05, 3.63) is 17.5 Å². The first-order chi connectivity index (χ1) is 8.65. The summed E-state index contributed by atoms with van der Waals surface area (Å²) < 4.78 is 4.99. The monoisotopic (exact) mass is 305 g/mol. The zero-order valence-electron chi connectivity index (χ0n) is 11.2. The van der Waals surface area contributed by atoms with Crippen LogP contribution in [0.4, 0.5) is 0 Å². The average molecular weight is 306 g/mol. The second-order valence-electron chi connectivity index (χ2n) is 4.61. The molecule has 1 aliphatic rings. The minimum atomic E-state index is 0. The van der Waals surface area contributed by atoms with E-state index in [9.17, 15) is 4.79 Å². The first-order valence-electron chi connectivity index (χ1n) is 6.12. The van der Waals surface area contributed by atoms with Crippen LogP contribution in [0.2, 0.25) is 0 Å². The maximum absolute atomic E-state index is 12.0. The molecule has 0 radical (unpaired) electrons. The summed E-state index contributed by atoms with van der Waals surface area (Å²) in [5.41, 5.74) is 0.800. The van der Waals surface area contributed by atoms with Gasteiger partial charge in [-0.15, -0.1) is 12.4 Å². The molecule has 0 saturated carbocycles. The van der Waals surface area contributed by atoms with Crippen molar-refractivity contribution in [3.8, 4) is 0 Å². The number of thioether (sulfide) groups is 1. The van der Waals surface area contributed by atoms with E-state index in [1.165, 1.54) is 0 Å². The Morgan fingerprint density at radius 1 is 1.68 bits per heavy atom. The van der Waals surface area contributed by atoms with Gasteiger partial charge in [-0.2, -0.15) is 11.8 Å². The number of rotatable bonds is 4. The number of amides is 1. The molecular formula is C12H20ClN3O2S. The van der Waals surface area contributed by atoms with E-state index in [1.54, 1.807) is 4.90 Å². The Balaban J connectivity index is 0.00000180. The lowest BCUT2D eigenvalue weighted by Gasteiger charge is -2.24. The predicted molar refractivity (Wildman–Crippen MR) is 78.7 cm³/mol. The van der Waals surface area contributed by atoms with Crippen molar-refractivity contribution < 1.29 is 9.32 Å². The average Bonchev–Trinajstić information content (AvgIpc) is 2.76. The molecule has 19 heavy (non-hydrogen) atoms. The molecule has 1 atom stereocenters. The van der Waals surface area contributed by atoms with Crippen LogP contribution in [0.3, 0.4) is 0 Å². The number of halogens is 1. The molecule has 1 fully saturated rings. The minimum Gasteiger partial charge on any atom is -0.361 e. The lowest BCUT2D eigenvalue weighted by Crippen LogP contribution is -2.41. The number of nitrogens with one attached hydrogen (secondary N) is 1. The molecule has 7 heteroatoms. The number of hydrogen-bond acceptors (Lipinski definition) is 5. The van der Waals surface area contributed by atoms with Crippen LogP contribution in [0, 0.1) is 6.92 Å². The van der Waals surface area contributed by atoms with E-state index in [4.69, 9.17) is 4.52 Å². The number of carbonyl (C=O) groups excluding carboxylic acids is 1. The summed E-state index contributed by atoms with van der Waals surface area (Å²) in [6.45, 7) is 3.35. The molecular weight excluding hydrogens is 286 g/mol. The number of aryl methyl sites for hydroxylation is 1. The third-order valence-electron chi connectivity index (χ3n) is 2.92. The lowest BCUT2D eigenvalue weighted by molar-refractivity contribution is -0.130. The molecule has 1 saturated heterocycles. The van der Waals surface area contributed by atoms with Gasteiger partial charge in [-0.3, -0.25) is 4.79 Å². The molecule has 2 rings (SSSR count). The molecule has 1 aliphatic heterocycles. The Labute approximate surface area is 123 Å². The molecule has 0 aliphatic carbocycles. The lowest BCUT2D eigenvalue weighted by atomic mass is 10.2. The molecule has 1 unspecified atom stereocenters. The molecule has 1 amide bonds. The quantitative estimate of drug-likeness (QED) is 0.912. The van der Waals surface area contributed by atoms with Crippen LogP contribution in [0.15, 0.2) is 10.6 Å². The summed E-state index contributed by atoms with van der Waals surface area (Å²) in [7, 11) is 1.81. The van der Waals surface area contributed by atoms with Crippen molar-refractivity contribution in [2.75, 3.05) is 25.1 Å². The smallest absolute Gasteiger partial charge is 0.224 e. The third-order valence-corrected chi connectivity index (χ3v) is 4.05. The van der Waals surface area contributed by atoms with Gasteiger partial charge in [0.2, 0.25) is 5.91 Å². The van der Waals surface area contributed by atoms with Gasteiger partial charge in [-0.25, -0.2) is 0 Å². The maximum atomic E-state index is 12.0. The Bertz CT molecular complexity index is 407. The Kier molecular flexibility index (Phi) is 6.68. The zero-order valence-corrected chi connectivity index (χ0v) is 12.9. The van der Waals surface area contributed by atoms with Gasteiger partial charge in [0.1, 0.15) is 11.5 Å². The SMILES string of the molecule is Cc1cc(CN(C)C(=O)CC2CSCCN2)no1.Cl. The van der Waals surface area contributed by atoms with Gasteiger partial charge in [-0.1, -0.05) is 5.16 Å². The molecule has 0 bridgehead atoms. The Morgan fingerprint density at radius 2 is 2.47 bits per heavy atom. The van der Waals surface area contributed by atoms with Crippen LogP contribution in [0.1, 0.15) is 17.9 Å². The fraction of sp³-hybridized carbons (Fsp3) is 0.667. The number of nitrogens with zero attached hydrogens (tertiary/aromatic N) is 2. The predicted octanol–water partition coefficient (Wildman–Crippen LogP) is 1.46. The standard InChI is InChI=1S/C12H19N3O2S.ClH/c1-9-5-10(14-17-9)7-15(2)12(16)6-11-8-18-4-3-13-11;/h5,11,13H,3-4,6-8H2,1-2H3;1H. The molecule has 1 aromatic heterocycles. The van der Waals surface area contributed by atoms with Crippen molar-refractivity contribution in [3.63, 3.8) is 0 Å². The van der Waals surface area contributed by atoms with Crippen molar-refractivity contribution in [2.24, 2.45) is 0 Å². The fourth-order valence-electron chi connectivity index (χ4n) is 1.94. The fourth-order valence-corrected chi connectivity index (χ4v) is 2.89. The van der Waals surface area contributed by atoms with Crippen molar-refractivity contribution in [2.45, 2.75) is 25.9 Å². The summed E-state index contributed by atoms with van der Waals surface area (Å²) >= 11 is 1.90. The number of carbonyl (C=O) groups is 1. The highest BCUT2D eigenvalue weighted by atomic mass is 35.5. The summed E-state index contributed by atoms with van der Waals surface area (Å²) in [6, 6.07) is 2.16. The van der Waals surface area contributed by atoms with E-state index in [1.807, 2.05) is 31.8 Å². The van der Waals surface area contributed by atoms with Gasteiger partial charge >= 0.3 is 0 Å². The molecule has 1 N–H and O–H groups in total. The number of hydrogen-bond donors (Lipinski definition) is 1. The summed E-state index contributed by atoms with van der Waals surface area (Å²) in [5.74, 6) is 3.08. The van der Waals surface area contributed by atoms with Crippen LogP contribution in [0.25, 0.3) is 0 Å². The second-order valence-corrected chi connectivity index (χ2v) is 5.76. The zero-order chi connectivity index (χ0) is 13.0. The topological polar surface area (TPSA) is 58.4 Å². The van der Waals surface area contributed by atoms with E-state index >= 15 is 0 Å². The first kappa shape index (κ1) is 16.3. The maximum Gasteiger partial charge on any atom is 0.224 e. The van der Waals surface area contributed by atoms with Crippen LogP contribution < -0.4 is 5.32 Å². The molecule has 2 heterocycles. The number of aromatic nitrogens is 1. The van der Waals surface area contributed by atoms with Crippen molar-refractivity contribution >= 4 is 30.1 Å². The Morgan fingerprint density at radius 3 is 3.05 bits per heavy atom. The second kappa shape index (κ2) is 7.77. The van der Waals surface area contributed by atoms with Gasteiger partial charge in [0, 0.05) is 43.6 Å². The van der Waals surface area contributed by atoms with E-state index in [0.717, 1.165) is 29.5 Å². The molecule has 0 spiro atoms. The third kappa shape index (κ3) is 5.04. The van der Waals surface area contributed by atoms with E-state index < -0.39 is 0 Å². The van der Waals surface area contributed by atoms with Gasteiger partial charge in [0.05, 0.1) is 6.54 Å². The van der Waals surface area contributed by atoms with Gasteiger partial charge in [-0.05, 0) is 6.92 Å².